The first-order valence-electron chi connectivity index (χ1n) is 8.25. The number of piperidine rings is 1. The number of hydrogen-bond acceptors (Lipinski definition) is 3. The van der Waals surface area contributed by atoms with Crippen LogP contribution in [0.15, 0.2) is 36.9 Å². The van der Waals surface area contributed by atoms with Gasteiger partial charge in [0.1, 0.15) is 6.61 Å². The van der Waals surface area contributed by atoms with Crippen LogP contribution < -0.4 is 5.32 Å². The molecule has 1 heterocycles. The summed E-state index contributed by atoms with van der Waals surface area (Å²) < 4.78 is 41.7. The molecule has 1 atom stereocenters. The summed E-state index contributed by atoms with van der Waals surface area (Å²) in [5.74, 6) is -0.532. The molecule has 2 amide bonds. The Morgan fingerprint density at radius 1 is 1.31 bits per heavy atom. The van der Waals surface area contributed by atoms with E-state index in [0.29, 0.717) is 31.5 Å². The number of benzene rings is 1. The highest BCUT2D eigenvalue weighted by Crippen LogP contribution is 2.20. The molecular formula is C18H21F3N2O3. The Morgan fingerprint density at radius 3 is 2.62 bits per heavy atom. The van der Waals surface area contributed by atoms with Gasteiger partial charge >= 0.3 is 6.18 Å². The standard InChI is InChI=1S/C18H21F3N2O3/c1-2-16(24)22-10-13-5-7-14(8-6-13)17(25)23-9-3-4-15(11-23)26-12-18(19,20)21/h2,5-8,15H,1,3-4,9-12H2,(H,22,24). The van der Waals surface area contributed by atoms with E-state index >= 15 is 0 Å². The molecule has 0 bridgehead atoms. The predicted octanol–water partition coefficient (Wildman–Crippen LogP) is 2.67. The Hall–Kier alpha value is -2.35. The highest BCUT2D eigenvalue weighted by atomic mass is 19.4. The summed E-state index contributed by atoms with van der Waals surface area (Å²) in [7, 11) is 0. The van der Waals surface area contributed by atoms with Gasteiger partial charge in [-0.2, -0.15) is 13.2 Å². The van der Waals surface area contributed by atoms with E-state index in [1.54, 1.807) is 24.3 Å². The average Bonchev–Trinajstić information content (AvgIpc) is 2.64. The zero-order valence-electron chi connectivity index (χ0n) is 14.2. The van der Waals surface area contributed by atoms with Crippen molar-refractivity contribution in [1.29, 1.82) is 0 Å². The van der Waals surface area contributed by atoms with Crippen LogP contribution in [0.25, 0.3) is 0 Å². The number of nitrogens with one attached hydrogen (secondary N) is 1. The van der Waals surface area contributed by atoms with Crippen LogP contribution in [0, 0.1) is 0 Å². The molecule has 1 aliphatic heterocycles. The van der Waals surface area contributed by atoms with Gasteiger partial charge in [0.2, 0.25) is 5.91 Å². The summed E-state index contributed by atoms with van der Waals surface area (Å²) in [6, 6.07) is 6.71. The minimum Gasteiger partial charge on any atom is -0.367 e. The monoisotopic (exact) mass is 370 g/mol. The number of carbonyl (C=O) groups is 2. The molecule has 1 fully saturated rings. The number of rotatable bonds is 6. The Morgan fingerprint density at radius 2 is 2.00 bits per heavy atom. The van der Waals surface area contributed by atoms with Gasteiger partial charge in [0, 0.05) is 25.2 Å². The van der Waals surface area contributed by atoms with Gasteiger partial charge in [-0.05, 0) is 36.6 Å². The molecule has 1 saturated heterocycles. The van der Waals surface area contributed by atoms with E-state index in [1.807, 2.05) is 0 Å². The van der Waals surface area contributed by atoms with Gasteiger partial charge in [0.25, 0.3) is 5.91 Å². The van der Waals surface area contributed by atoms with Crippen LogP contribution in [0.3, 0.4) is 0 Å². The van der Waals surface area contributed by atoms with Crippen molar-refractivity contribution in [3.63, 3.8) is 0 Å². The predicted molar refractivity (Wildman–Crippen MR) is 89.4 cm³/mol. The molecule has 0 aliphatic carbocycles. The summed E-state index contributed by atoms with van der Waals surface area (Å²) in [6.45, 7) is 3.01. The molecule has 0 saturated carbocycles. The number of carbonyl (C=O) groups excluding carboxylic acids is 2. The number of hydrogen-bond donors (Lipinski definition) is 1. The zero-order chi connectivity index (χ0) is 19.2. The Balaban J connectivity index is 1.91. The van der Waals surface area contributed by atoms with E-state index < -0.39 is 18.9 Å². The van der Waals surface area contributed by atoms with Crippen LogP contribution in [0.2, 0.25) is 0 Å². The molecule has 8 heteroatoms. The summed E-state index contributed by atoms with van der Waals surface area (Å²) in [5.41, 5.74) is 1.27. The van der Waals surface area contributed by atoms with Crippen molar-refractivity contribution in [1.82, 2.24) is 10.2 Å². The number of amides is 2. The van der Waals surface area contributed by atoms with Gasteiger partial charge < -0.3 is 15.0 Å². The van der Waals surface area contributed by atoms with Crippen LogP contribution >= 0.6 is 0 Å². The van der Waals surface area contributed by atoms with Crippen molar-refractivity contribution in [2.75, 3.05) is 19.7 Å². The second kappa shape index (κ2) is 8.84. The minimum atomic E-state index is -4.37. The third-order valence-electron chi connectivity index (χ3n) is 4.00. The molecule has 0 spiro atoms. The SMILES string of the molecule is C=CC(=O)NCc1ccc(C(=O)N2CCCC(OCC(F)(F)F)C2)cc1. The molecule has 1 aromatic rings. The molecule has 1 aromatic carbocycles. The molecule has 0 aromatic heterocycles. The second-order valence-corrected chi connectivity index (χ2v) is 6.06. The quantitative estimate of drug-likeness (QED) is 0.784. The molecule has 26 heavy (non-hydrogen) atoms. The summed E-state index contributed by atoms with van der Waals surface area (Å²) >= 11 is 0. The maximum Gasteiger partial charge on any atom is 0.411 e. The van der Waals surface area contributed by atoms with Gasteiger partial charge in [-0.25, -0.2) is 0 Å². The van der Waals surface area contributed by atoms with Crippen molar-refractivity contribution in [3.8, 4) is 0 Å². The van der Waals surface area contributed by atoms with Crippen molar-refractivity contribution < 1.29 is 27.5 Å². The molecule has 1 aliphatic rings. The summed E-state index contributed by atoms with van der Waals surface area (Å²) in [5, 5.41) is 2.63. The first kappa shape index (κ1) is 20.0. The van der Waals surface area contributed by atoms with E-state index in [1.165, 1.54) is 11.0 Å². The van der Waals surface area contributed by atoms with Gasteiger partial charge in [-0.1, -0.05) is 18.7 Å². The van der Waals surface area contributed by atoms with Crippen LogP contribution in [-0.4, -0.2) is 48.7 Å². The largest absolute Gasteiger partial charge is 0.411 e. The normalized spacial score (nSPS) is 17.7. The van der Waals surface area contributed by atoms with Gasteiger partial charge in [0.05, 0.1) is 6.10 Å². The van der Waals surface area contributed by atoms with Gasteiger partial charge in [-0.3, -0.25) is 9.59 Å². The third-order valence-corrected chi connectivity index (χ3v) is 4.00. The molecule has 1 N–H and O–H groups in total. The smallest absolute Gasteiger partial charge is 0.367 e. The van der Waals surface area contributed by atoms with E-state index in [-0.39, 0.29) is 18.4 Å². The number of nitrogens with zero attached hydrogens (tertiary/aromatic N) is 1. The van der Waals surface area contributed by atoms with Crippen LogP contribution in [0.1, 0.15) is 28.8 Å². The first-order valence-corrected chi connectivity index (χ1v) is 8.25. The lowest BCUT2D eigenvalue weighted by Gasteiger charge is -2.33. The zero-order valence-corrected chi connectivity index (χ0v) is 14.2. The molecule has 0 radical (unpaired) electrons. The first-order chi connectivity index (χ1) is 12.3. The average molecular weight is 370 g/mol. The lowest BCUT2D eigenvalue weighted by atomic mass is 10.1. The van der Waals surface area contributed by atoms with E-state index in [9.17, 15) is 22.8 Å². The van der Waals surface area contributed by atoms with Crippen LogP contribution in [0.5, 0.6) is 0 Å². The number of likely N-dealkylation sites (tertiary alicyclic amines) is 1. The van der Waals surface area contributed by atoms with Crippen molar-refractivity contribution in [2.45, 2.75) is 31.7 Å². The highest BCUT2D eigenvalue weighted by Gasteiger charge is 2.31. The molecule has 1 unspecified atom stereocenters. The van der Waals surface area contributed by atoms with E-state index in [0.717, 1.165) is 5.56 Å². The maximum absolute atomic E-state index is 12.5. The number of ether oxygens (including phenoxy) is 1. The summed E-state index contributed by atoms with van der Waals surface area (Å²) in [6.07, 6.45) is -2.71. The van der Waals surface area contributed by atoms with Crippen molar-refractivity contribution in [2.24, 2.45) is 0 Å². The molecule has 142 valence electrons. The minimum absolute atomic E-state index is 0.145. The van der Waals surface area contributed by atoms with Gasteiger partial charge in [0.15, 0.2) is 0 Å². The summed E-state index contributed by atoms with van der Waals surface area (Å²) in [4.78, 5) is 25.2. The topological polar surface area (TPSA) is 58.6 Å². The van der Waals surface area contributed by atoms with E-state index in [2.05, 4.69) is 11.9 Å². The lowest BCUT2D eigenvalue weighted by molar-refractivity contribution is -0.188. The maximum atomic E-state index is 12.5. The Bertz CT molecular complexity index is 644. The van der Waals surface area contributed by atoms with Crippen molar-refractivity contribution in [3.05, 3.63) is 48.0 Å². The highest BCUT2D eigenvalue weighted by molar-refractivity contribution is 5.94. The van der Waals surface area contributed by atoms with Crippen molar-refractivity contribution >= 4 is 11.8 Å². The third kappa shape index (κ3) is 6.18. The number of halogens is 3. The Labute approximate surface area is 149 Å². The van der Waals surface area contributed by atoms with Crippen LogP contribution in [0.4, 0.5) is 13.2 Å². The number of alkyl halides is 3. The fourth-order valence-corrected chi connectivity index (χ4v) is 2.68. The second-order valence-electron chi connectivity index (χ2n) is 6.06. The fraction of sp³-hybridized carbons (Fsp3) is 0.444. The lowest BCUT2D eigenvalue weighted by Crippen LogP contribution is -2.44. The fourth-order valence-electron chi connectivity index (χ4n) is 2.68. The molecule has 5 nitrogen and oxygen atoms in total. The Kier molecular flexibility index (Phi) is 6.79. The molecular weight excluding hydrogens is 349 g/mol. The van der Waals surface area contributed by atoms with Gasteiger partial charge in [-0.15, -0.1) is 0 Å². The van der Waals surface area contributed by atoms with E-state index in [4.69, 9.17) is 4.74 Å². The van der Waals surface area contributed by atoms with Crippen LogP contribution in [-0.2, 0) is 16.1 Å². The molecule has 2 rings (SSSR count).